The molecule has 0 aliphatic rings. The lowest BCUT2D eigenvalue weighted by Crippen LogP contribution is -2.27. The smallest absolute Gasteiger partial charge is 0.261 e. The summed E-state index contributed by atoms with van der Waals surface area (Å²) in [6.45, 7) is 0.0743. The summed E-state index contributed by atoms with van der Waals surface area (Å²) in [5, 5.41) is 16.7. The highest BCUT2D eigenvalue weighted by molar-refractivity contribution is 7.18. The SMILES string of the molecule is O=C(NC[C@@H](O)c1ccc(-c2ccsc2)o1)c1ccc(Cl)s1. The fourth-order valence-electron chi connectivity index (χ4n) is 1.91. The lowest BCUT2D eigenvalue weighted by molar-refractivity contribution is 0.0905. The highest BCUT2D eigenvalue weighted by Gasteiger charge is 2.16. The molecule has 0 radical (unpaired) electrons. The van der Waals surface area contributed by atoms with Gasteiger partial charge in [-0.2, -0.15) is 11.3 Å². The van der Waals surface area contributed by atoms with Crippen LogP contribution in [-0.4, -0.2) is 17.6 Å². The summed E-state index contributed by atoms with van der Waals surface area (Å²) in [6.07, 6.45) is -0.897. The van der Waals surface area contributed by atoms with Crippen LogP contribution in [0.4, 0.5) is 0 Å². The number of amides is 1. The molecule has 4 nitrogen and oxygen atoms in total. The van der Waals surface area contributed by atoms with Crippen LogP contribution in [0.15, 0.2) is 45.5 Å². The third kappa shape index (κ3) is 3.41. The number of rotatable bonds is 5. The van der Waals surface area contributed by atoms with Crippen LogP contribution >= 0.6 is 34.3 Å². The molecule has 3 aromatic heterocycles. The van der Waals surface area contributed by atoms with Crippen molar-refractivity contribution in [2.24, 2.45) is 0 Å². The number of thiophene rings is 2. The molecule has 22 heavy (non-hydrogen) atoms. The fraction of sp³-hybridized carbons (Fsp3) is 0.133. The van der Waals surface area contributed by atoms with Crippen molar-refractivity contribution in [3.63, 3.8) is 0 Å². The van der Waals surface area contributed by atoms with E-state index in [1.165, 1.54) is 11.3 Å². The van der Waals surface area contributed by atoms with Gasteiger partial charge in [0.15, 0.2) is 0 Å². The fourth-order valence-corrected chi connectivity index (χ4v) is 3.51. The van der Waals surface area contributed by atoms with Gasteiger partial charge in [0.25, 0.3) is 5.91 Å². The van der Waals surface area contributed by atoms with Crippen LogP contribution < -0.4 is 5.32 Å². The van der Waals surface area contributed by atoms with Crippen molar-refractivity contribution in [1.29, 1.82) is 0 Å². The summed E-state index contributed by atoms with van der Waals surface area (Å²) in [5.74, 6) is 0.859. The third-order valence-electron chi connectivity index (χ3n) is 3.01. The first-order valence-electron chi connectivity index (χ1n) is 6.47. The summed E-state index contributed by atoms with van der Waals surface area (Å²) in [6, 6.07) is 8.78. The van der Waals surface area contributed by atoms with E-state index in [-0.39, 0.29) is 12.5 Å². The Morgan fingerprint density at radius 1 is 1.32 bits per heavy atom. The highest BCUT2D eigenvalue weighted by Crippen LogP contribution is 2.27. The Labute approximate surface area is 140 Å². The van der Waals surface area contributed by atoms with E-state index in [9.17, 15) is 9.90 Å². The van der Waals surface area contributed by atoms with E-state index < -0.39 is 6.10 Å². The molecule has 0 fully saturated rings. The molecule has 0 saturated carbocycles. The molecule has 1 amide bonds. The van der Waals surface area contributed by atoms with E-state index in [2.05, 4.69) is 5.32 Å². The van der Waals surface area contributed by atoms with Crippen molar-refractivity contribution in [3.05, 3.63) is 56.1 Å². The van der Waals surface area contributed by atoms with Crippen LogP contribution in [0.3, 0.4) is 0 Å². The maximum atomic E-state index is 11.9. The number of hydrogen-bond acceptors (Lipinski definition) is 5. The molecule has 0 aliphatic carbocycles. The number of halogens is 1. The van der Waals surface area contributed by atoms with E-state index in [1.54, 1.807) is 29.5 Å². The second-order valence-corrected chi connectivity index (χ2v) is 7.04. The maximum absolute atomic E-state index is 11.9. The largest absolute Gasteiger partial charge is 0.458 e. The van der Waals surface area contributed by atoms with Gasteiger partial charge in [-0.1, -0.05) is 11.6 Å². The van der Waals surface area contributed by atoms with Crippen LogP contribution in [0.25, 0.3) is 11.3 Å². The van der Waals surface area contributed by atoms with E-state index in [1.807, 2.05) is 22.9 Å². The minimum Gasteiger partial charge on any atom is -0.458 e. The predicted molar refractivity (Wildman–Crippen MR) is 88.6 cm³/mol. The van der Waals surface area contributed by atoms with Crippen molar-refractivity contribution in [3.8, 4) is 11.3 Å². The van der Waals surface area contributed by atoms with Crippen molar-refractivity contribution in [2.45, 2.75) is 6.10 Å². The van der Waals surface area contributed by atoms with Crippen molar-refractivity contribution < 1.29 is 14.3 Å². The predicted octanol–water partition coefficient (Wildman–Crippen LogP) is 4.19. The molecule has 114 valence electrons. The molecule has 0 bridgehead atoms. The molecule has 3 heterocycles. The number of aliphatic hydroxyl groups is 1. The number of aliphatic hydroxyl groups excluding tert-OH is 1. The van der Waals surface area contributed by atoms with E-state index >= 15 is 0 Å². The van der Waals surface area contributed by atoms with Crippen molar-refractivity contribution in [2.75, 3.05) is 6.54 Å². The van der Waals surface area contributed by atoms with Crippen LogP contribution in [0.2, 0.25) is 4.34 Å². The second kappa shape index (κ2) is 6.66. The molecule has 3 rings (SSSR count). The summed E-state index contributed by atoms with van der Waals surface area (Å²) in [5.41, 5.74) is 0.973. The van der Waals surface area contributed by atoms with Gasteiger partial charge in [0, 0.05) is 10.9 Å². The van der Waals surface area contributed by atoms with Gasteiger partial charge in [-0.05, 0) is 35.7 Å². The normalized spacial score (nSPS) is 12.3. The molecule has 2 N–H and O–H groups in total. The van der Waals surface area contributed by atoms with Gasteiger partial charge < -0.3 is 14.8 Å². The second-order valence-electron chi connectivity index (χ2n) is 4.54. The first kappa shape index (κ1) is 15.3. The lowest BCUT2D eigenvalue weighted by Gasteiger charge is -2.08. The van der Waals surface area contributed by atoms with Gasteiger partial charge in [0.1, 0.15) is 17.6 Å². The molecule has 3 aromatic rings. The summed E-state index contributed by atoms with van der Waals surface area (Å²) < 4.78 is 6.17. The van der Waals surface area contributed by atoms with Crippen molar-refractivity contribution in [1.82, 2.24) is 5.32 Å². The maximum Gasteiger partial charge on any atom is 0.261 e. The topological polar surface area (TPSA) is 62.5 Å². The summed E-state index contributed by atoms with van der Waals surface area (Å²) in [7, 11) is 0. The highest BCUT2D eigenvalue weighted by atomic mass is 35.5. The Kier molecular flexibility index (Phi) is 4.63. The van der Waals surface area contributed by atoms with Gasteiger partial charge in [-0.3, -0.25) is 4.79 Å². The minimum absolute atomic E-state index is 0.0743. The van der Waals surface area contributed by atoms with Gasteiger partial charge in [-0.25, -0.2) is 0 Å². The summed E-state index contributed by atoms with van der Waals surface area (Å²) >= 11 is 8.56. The van der Waals surface area contributed by atoms with Gasteiger partial charge in [0.2, 0.25) is 0 Å². The number of carbonyl (C=O) groups excluding carboxylic acids is 1. The summed E-state index contributed by atoms with van der Waals surface area (Å²) in [4.78, 5) is 12.4. The zero-order valence-corrected chi connectivity index (χ0v) is 13.7. The Balaban J connectivity index is 1.60. The average Bonchev–Trinajstić information content (AvgIpc) is 3.23. The van der Waals surface area contributed by atoms with Gasteiger partial charge in [-0.15, -0.1) is 11.3 Å². The van der Waals surface area contributed by atoms with Crippen LogP contribution in [0, 0.1) is 0 Å². The Morgan fingerprint density at radius 3 is 2.86 bits per heavy atom. The van der Waals surface area contributed by atoms with Crippen molar-refractivity contribution >= 4 is 40.2 Å². The number of carbonyl (C=O) groups is 1. The molecule has 1 atom stereocenters. The van der Waals surface area contributed by atoms with E-state index in [0.717, 1.165) is 5.56 Å². The molecule has 0 aromatic carbocycles. The standard InChI is InChI=1S/C15H12ClNO3S2/c16-14-4-3-13(22-14)15(19)17-7-10(18)12-2-1-11(20-12)9-5-6-21-8-9/h1-6,8,10,18H,7H2,(H,17,19)/t10-/m1/s1. The number of hydrogen-bond donors (Lipinski definition) is 2. The van der Waals surface area contributed by atoms with Gasteiger partial charge >= 0.3 is 0 Å². The van der Waals surface area contributed by atoms with Crippen LogP contribution in [0.5, 0.6) is 0 Å². The van der Waals surface area contributed by atoms with E-state index in [0.29, 0.717) is 20.7 Å². The zero-order valence-electron chi connectivity index (χ0n) is 11.3. The molecular formula is C15H12ClNO3S2. The molecule has 7 heteroatoms. The monoisotopic (exact) mass is 353 g/mol. The Hall–Kier alpha value is -1.60. The molecule has 0 saturated heterocycles. The Bertz CT molecular complexity index is 763. The lowest BCUT2D eigenvalue weighted by atomic mass is 10.2. The molecule has 0 unspecified atom stereocenters. The number of nitrogens with one attached hydrogen (secondary N) is 1. The first-order valence-corrected chi connectivity index (χ1v) is 8.61. The molecule has 0 spiro atoms. The van der Waals surface area contributed by atoms with Crippen LogP contribution in [-0.2, 0) is 0 Å². The quantitative estimate of drug-likeness (QED) is 0.723. The molecule has 0 aliphatic heterocycles. The van der Waals surface area contributed by atoms with Crippen LogP contribution in [0.1, 0.15) is 21.5 Å². The molecular weight excluding hydrogens is 342 g/mol. The van der Waals surface area contributed by atoms with E-state index in [4.69, 9.17) is 16.0 Å². The third-order valence-corrected chi connectivity index (χ3v) is 4.93. The zero-order chi connectivity index (χ0) is 15.5. The average molecular weight is 354 g/mol. The number of furan rings is 1. The first-order chi connectivity index (χ1) is 10.6. The van der Waals surface area contributed by atoms with Gasteiger partial charge in [0.05, 0.1) is 15.8 Å². The Morgan fingerprint density at radius 2 is 2.18 bits per heavy atom. The minimum atomic E-state index is -0.897.